The summed E-state index contributed by atoms with van der Waals surface area (Å²) in [6.07, 6.45) is 2.96. The Balaban J connectivity index is 2.89. The predicted molar refractivity (Wildman–Crippen MR) is 60.0 cm³/mol. The molecule has 1 rings (SSSR count). The normalized spacial score (nSPS) is 14.1. The van der Waals surface area contributed by atoms with Gasteiger partial charge in [-0.15, -0.1) is 0 Å². The number of pyridine rings is 1. The van der Waals surface area contributed by atoms with Gasteiger partial charge in [0.05, 0.1) is 0 Å². The van der Waals surface area contributed by atoms with Crippen LogP contribution in [0.25, 0.3) is 0 Å². The van der Waals surface area contributed by atoms with E-state index in [2.05, 4.69) is 31.8 Å². The molecule has 2 N–H and O–H groups in total. The minimum atomic E-state index is 0.0700. The number of hydrogen-bond acceptors (Lipinski definition) is 2. The van der Waals surface area contributed by atoms with Crippen molar-refractivity contribution in [1.29, 1.82) is 0 Å². The molecule has 78 valence electrons. The van der Waals surface area contributed by atoms with Crippen LogP contribution in [0.15, 0.2) is 18.3 Å². The highest BCUT2D eigenvalue weighted by Gasteiger charge is 2.25. The lowest BCUT2D eigenvalue weighted by Gasteiger charge is -2.30. The van der Waals surface area contributed by atoms with Gasteiger partial charge in [0.15, 0.2) is 0 Å². The molecule has 0 bridgehead atoms. The van der Waals surface area contributed by atoms with Crippen molar-refractivity contribution in [3.05, 3.63) is 29.6 Å². The third-order valence-electron chi connectivity index (χ3n) is 3.05. The maximum atomic E-state index is 6.19. The molecule has 0 saturated carbocycles. The molecule has 1 atom stereocenters. The Bertz CT molecular complexity index is 288. The predicted octanol–water partition coefficient (Wildman–Crippen LogP) is 2.83. The molecule has 2 heteroatoms. The number of rotatable bonds is 3. The van der Waals surface area contributed by atoms with E-state index in [9.17, 15) is 0 Å². The number of aromatic nitrogens is 1. The van der Waals surface area contributed by atoms with E-state index < -0.39 is 0 Å². The third kappa shape index (κ3) is 2.32. The number of nitrogens with two attached hydrogens (primary N) is 1. The van der Waals surface area contributed by atoms with Crippen molar-refractivity contribution in [2.24, 2.45) is 11.1 Å². The van der Waals surface area contributed by atoms with Crippen LogP contribution in [0.1, 0.15) is 44.5 Å². The lowest BCUT2D eigenvalue weighted by molar-refractivity contribution is 0.278. The molecule has 1 aromatic heterocycles. The number of aryl methyl sites for hydroxylation is 1. The monoisotopic (exact) mass is 192 g/mol. The average molecular weight is 192 g/mol. The zero-order chi connectivity index (χ0) is 10.8. The van der Waals surface area contributed by atoms with Crippen LogP contribution < -0.4 is 5.73 Å². The molecule has 0 saturated heterocycles. The molecule has 0 fully saturated rings. The van der Waals surface area contributed by atoms with E-state index in [1.165, 1.54) is 0 Å². The van der Waals surface area contributed by atoms with E-state index in [-0.39, 0.29) is 11.5 Å². The third-order valence-corrected chi connectivity index (χ3v) is 3.05. The van der Waals surface area contributed by atoms with Gasteiger partial charge in [-0.3, -0.25) is 4.98 Å². The summed E-state index contributed by atoms with van der Waals surface area (Å²) in [7, 11) is 0. The fourth-order valence-electron chi connectivity index (χ4n) is 1.33. The van der Waals surface area contributed by atoms with E-state index in [1.54, 1.807) is 0 Å². The second-order valence-electron chi connectivity index (χ2n) is 4.55. The summed E-state index contributed by atoms with van der Waals surface area (Å²) in [5, 5.41) is 0. The van der Waals surface area contributed by atoms with Crippen molar-refractivity contribution in [3.8, 4) is 0 Å². The highest BCUT2D eigenvalue weighted by atomic mass is 14.7. The van der Waals surface area contributed by atoms with Gasteiger partial charge in [0.25, 0.3) is 0 Å². The Morgan fingerprint density at radius 1 is 1.43 bits per heavy atom. The van der Waals surface area contributed by atoms with Crippen molar-refractivity contribution in [3.63, 3.8) is 0 Å². The van der Waals surface area contributed by atoms with E-state index in [1.807, 2.05) is 19.2 Å². The molecule has 2 nitrogen and oxygen atoms in total. The van der Waals surface area contributed by atoms with Gasteiger partial charge >= 0.3 is 0 Å². The molecule has 1 unspecified atom stereocenters. The first kappa shape index (κ1) is 11.2. The van der Waals surface area contributed by atoms with Crippen molar-refractivity contribution in [2.45, 2.75) is 40.2 Å². The Morgan fingerprint density at radius 2 is 2.07 bits per heavy atom. The van der Waals surface area contributed by atoms with Crippen LogP contribution in [-0.2, 0) is 0 Å². The van der Waals surface area contributed by atoms with Crippen LogP contribution in [0.4, 0.5) is 0 Å². The van der Waals surface area contributed by atoms with E-state index in [4.69, 9.17) is 5.73 Å². The highest BCUT2D eigenvalue weighted by Crippen LogP contribution is 2.33. The van der Waals surface area contributed by atoms with Gasteiger partial charge in [0.2, 0.25) is 0 Å². The molecule has 0 aliphatic carbocycles. The minimum Gasteiger partial charge on any atom is -0.323 e. The maximum Gasteiger partial charge on any atom is 0.0372 e. The molecule has 0 aromatic carbocycles. The Hall–Kier alpha value is -0.890. The molecule has 0 radical (unpaired) electrons. The van der Waals surface area contributed by atoms with Gasteiger partial charge < -0.3 is 5.73 Å². The largest absolute Gasteiger partial charge is 0.323 e. The first-order chi connectivity index (χ1) is 6.47. The molecule has 0 spiro atoms. The second kappa shape index (κ2) is 4.09. The van der Waals surface area contributed by atoms with Gasteiger partial charge in [-0.2, -0.15) is 0 Å². The van der Waals surface area contributed by atoms with Crippen LogP contribution in [-0.4, -0.2) is 4.98 Å². The fraction of sp³-hybridized carbons (Fsp3) is 0.583. The quantitative estimate of drug-likeness (QED) is 0.799. The molecule has 0 aliphatic heterocycles. The minimum absolute atomic E-state index is 0.0700. The number of nitrogens with zero attached hydrogens (tertiary/aromatic N) is 1. The van der Waals surface area contributed by atoms with Gasteiger partial charge in [-0.05, 0) is 30.4 Å². The lowest BCUT2D eigenvalue weighted by atomic mass is 9.79. The topological polar surface area (TPSA) is 38.9 Å². The van der Waals surface area contributed by atoms with Crippen molar-refractivity contribution in [1.82, 2.24) is 4.98 Å². The molecular weight excluding hydrogens is 172 g/mol. The summed E-state index contributed by atoms with van der Waals surface area (Å²) >= 11 is 0. The zero-order valence-electron chi connectivity index (χ0n) is 9.54. The molecule has 0 aliphatic rings. The van der Waals surface area contributed by atoms with Crippen molar-refractivity contribution in [2.75, 3.05) is 0 Å². The molecule has 14 heavy (non-hydrogen) atoms. The Kier molecular flexibility index (Phi) is 3.27. The van der Waals surface area contributed by atoms with Crippen LogP contribution in [0, 0.1) is 12.3 Å². The van der Waals surface area contributed by atoms with E-state index in [0.29, 0.717) is 0 Å². The van der Waals surface area contributed by atoms with Gasteiger partial charge in [-0.1, -0.05) is 26.8 Å². The fourth-order valence-corrected chi connectivity index (χ4v) is 1.33. The van der Waals surface area contributed by atoms with Crippen LogP contribution in [0.3, 0.4) is 0 Å². The SMILES string of the molecule is CCC(C)(C)C(N)c1ccc(C)nc1. The summed E-state index contributed by atoms with van der Waals surface area (Å²) in [4.78, 5) is 4.27. The van der Waals surface area contributed by atoms with Crippen molar-refractivity contribution < 1.29 is 0 Å². The number of hydrogen-bond donors (Lipinski definition) is 1. The smallest absolute Gasteiger partial charge is 0.0372 e. The summed E-state index contributed by atoms with van der Waals surface area (Å²) in [5.41, 5.74) is 8.49. The summed E-state index contributed by atoms with van der Waals surface area (Å²) in [5.74, 6) is 0. The summed E-state index contributed by atoms with van der Waals surface area (Å²) in [6, 6.07) is 4.16. The van der Waals surface area contributed by atoms with Gasteiger partial charge in [-0.25, -0.2) is 0 Å². The van der Waals surface area contributed by atoms with Crippen LogP contribution >= 0.6 is 0 Å². The van der Waals surface area contributed by atoms with Crippen LogP contribution in [0.5, 0.6) is 0 Å². The maximum absolute atomic E-state index is 6.19. The molecular formula is C12H20N2. The first-order valence-electron chi connectivity index (χ1n) is 5.15. The van der Waals surface area contributed by atoms with E-state index >= 15 is 0 Å². The molecule has 1 heterocycles. The van der Waals surface area contributed by atoms with E-state index in [0.717, 1.165) is 17.7 Å². The Morgan fingerprint density at radius 3 is 2.50 bits per heavy atom. The highest BCUT2D eigenvalue weighted by molar-refractivity contribution is 5.18. The average Bonchev–Trinajstić information content (AvgIpc) is 2.18. The summed E-state index contributed by atoms with van der Waals surface area (Å²) in [6.45, 7) is 8.54. The zero-order valence-corrected chi connectivity index (χ0v) is 9.54. The van der Waals surface area contributed by atoms with Gasteiger partial charge in [0, 0.05) is 17.9 Å². The Labute approximate surface area is 86.5 Å². The first-order valence-corrected chi connectivity index (χ1v) is 5.15. The summed E-state index contributed by atoms with van der Waals surface area (Å²) < 4.78 is 0. The standard InChI is InChI=1S/C12H20N2/c1-5-12(3,4)11(13)10-7-6-9(2)14-8-10/h6-8,11H,5,13H2,1-4H3. The molecule has 0 amide bonds. The van der Waals surface area contributed by atoms with Gasteiger partial charge in [0.1, 0.15) is 0 Å². The van der Waals surface area contributed by atoms with Crippen LogP contribution in [0.2, 0.25) is 0 Å². The van der Waals surface area contributed by atoms with Crippen molar-refractivity contribution >= 4 is 0 Å². The second-order valence-corrected chi connectivity index (χ2v) is 4.55. The lowest BCUT2D eigenvalue weighted by Crippen LogP contribution is -2.28. The molecule has 1 aromatic rings.